The van der Waals surface area contributed by atoms with E-state index in [0.29, 0.717) is 19.6 Å². The summed E-state index contributed by atoms with van der Waals surface area (Å²) in [6.45, 7) is 24.9. The third-order valence-electron chi connectivity index (χ3n) is 12.8. The second-order valence-electron chi connectivity index (χ2n) is 18.8. The smallest absolute Gasteiger partial charge is 0.346 e. The van der Waals surface area contributed by atoms with E-state index < -0.39 is 45.3 Å². The molecule has 1 spiro atoms. The van der Waals surface area contributed by atoms with Gasteiger partial charge in [-0.25, -0.2) is 4.79 Å². The number of ether oxygens (including phenoxy) is 1. The summed E-state index contributed by atoms with van der Waals surface area (Å²) in [6.07, 6.45) is 8.96. The van der Waals surface area contributed by atoms with Crippen molar-refractivity contribution in [1.29, 1.82) is 0 Å². The van der Waals surface area contributed by atoms with Crippen LogP contribution in [0.25, 0.3) is 0 Å². The summed E-state index contributed by atoms with van der Waals surface area (Å²) in [6, 6.07) is 21.2. The number of allylic oxidation sites excluding steroid dienone is 1. The molecular weight excluding hydrogens is 693 g/mol. The Labute approximate surface area is 321 Å². The van der Waals surface area contributed by atoms with Gasteiger partial charge in [0.1, 0.15) is 11.3 Å². The number of benzene rings is 2. The topological polar surface area (TPSA) is 82.1 Å². The van der Waals surface area contributed by atoms with Crippen LogP contribution < -0.4 is 10.4 Å². The fourth-order valence-corrected chi connectivity index (χ4v) is 14.0. The summed E-state index contributed by atoms with van der Waals surface area (Å²) in [5, 5.41) is 13.9. The largest absolute Gasteiger partial charge is 0.511 e. The van der Waals surface area contributed by atoms with Crippen LogP contribution in [0.2, 0.25) is 23.2 Å². The Hall–Kier alpha value is -3.05. The summed E-state index contributed by atoms with van der Waals surface area (Å²) in [7, 11) is -4.91. The van der Waals surface area contributed by atoms with Crippen LogP contribution in [0.5, 0.6) is 0 Å². The van der Waals surface area contributed by atoms with Crippen molar-refractivity contribution in [3.05, 3.63) is 95.3 Å². The van der Waals surface area contributed by atoms with Crippen molar-refractivity contribution in [3.8, 4) is 0 Å². The highest BCUT2D eigenvalue weighted by Crippen LogP contribution is 2.50. The molecule has 3 aliphatic rings. The van der Waals surface area contributed by atoms with E-state index in [9.17, 15) is 14.7 Å². The fourth-order valence-electron chi connectivity index (χ4n) is 8.44. The molecule has 2 fully saturated rings. The minimum Gasteiger partial charge on any atom is -0.511 e. The standard InChI is InChI=1S/C45H64O6Si2/c1-32(30-49-52(10,11)42(3,4)5)27-35-28-34(31-50-53(43(6,7)8,36-21-15-12-16-22-36)37-23-17-13-18-24-37)33(2)29-45(35)40(47)38(41(48)51-45)39(46)44(9)25-19-14-20-26-44/h12-13,15-18,21-24,27-28,33,35,46H,14,19-20,25-26,29-31H2,1-11H3/b32-27+,39-38+/t33-,35-,45+/m1/s1. The van der Waals surface area contributed by atoms with Gasteiger partial charge < -0.3 is 18.7 Å². The van der Waals surface area contributed by atoms with E-state index in [4.69, 9.17) is 13.6 Å². The maximum Gasteiger partial charge on any atom is 0.346 e. The molecule has 288 valence electrons. The molecule has 2 aromatic carbocycles. The molecule has 0 amide bonds. The van der Waals surface area contributed by atoms with Crippen molar-refractivity contribution >= 4 is 38.8 Å². The minimum absolute atomic E-state index is 0.0452. The lowest BCUT2D eigenvalue weighted by Gasteiger charge is -2.44. The average Bonchev–Trinajstić information content (AvgIpc) is 3.34. The van der Waals surface area contributed by atoms with E-state index in [-0.39, 0.29) is 27.3 Å². The van der Waals surface area contributed by atoms with Gasteiger partial charge in [0, 0.05) is 17.8 Å². The van der Waals surface area contributed by atoms with Gasteiger partial charge in [-0.2, -0.15) is 0 Å². The summed E-state index contributed by atoms with van der Waals surface area (Å²) < 4.78 is 20.3. The van der Waals surface area contributed by atoms with Crippen molar-refractivity contribution in [2.75, 3.05) is 13.2 Å². The number of carbonyl (C=O) groups excluding carboxylic acids is 2. The molecule has 1 heterocycles. The van der Waals surface area contributed by atoms with Gasteiger partial charge in [0.15, 0.2) is 13.9 Å². The molecule has 6 nitrogen and oxygen atoms in total. The molecule has 53 heavy (non-hydrogen) atoms. The van der Waals surface area contributed by atoms with Crippen molar-refractivity contribution in [3.63, 3.8) is 0 Å². The molecule has 1 N–H and O–H groups in total. The lowest BCUT2D eigenvalue weighted by Crippen LogP contribution is -2.66. The van der Waals surface area contributed by atoms with Crippen molar-refractivity contribution in [2.24, 2.45) is 17.3 Å². The predicted molar refractivity (Wildman–Crippen MR) is 221 cm³/mol. The van der Waals surface area contributed by atoms with Gasteiger partial charge in [-0.3, -0.25) is 4.79 Å². The number of aliphatic hydroxyl groups is 1. The predicted octanol–water partition coefficient (Wildman–Crippen LogP) is 9.76. The number of hydrogen-bond acceptors (Lipinski definition) is 6. The van der Waals surface area contributed by atoms with E-state index in [2.05, 4.69) is 122 Å². The molecule has 1 aliphatic heterocycles. The van der Waals surface area contributed by atoms with Gasteiger partial charge >= 0.3 is 5.97 Å². The van der Waals surface area contributed by atoms with Crippen LogP contribution in [-0.4, -0.2) is 52.3 Å². The first-order valence-electron chi connectivity index (χ1n) is 19.7. The molecule has 3 atom stereocenters. The number of esters is 1. The molecule has 0 radical (unpaired) electrons. The van der Waals surface area contributed by atoms with Crippen molar-refractivity contribution in [2.45, 2.75) is 130 Å². The van der Waals surface area contributed by atoms with Crippen LogP contribution in [0.15, 0.2) is 95.3 Å². The minimum atomic E-state index is -2.85. The number of aliphatic hydroxyl groups excluding tert-OH is 1. The first kappa shape index (κ1) is 41.1. The number of carbonyl (C=O) groups is 2. The first-order chi connectivity index (χ1) is 24.7. The quantitative estimate of drug-likeness (QED) is 0.0650. The maximum atomic E-state index is 14.8. The number of rotatable bonds is 10. The summed E-state index contributed by atoms with van der Waals surface area (Å²) in [5.41, 5.74) is -0.175. The summed E-state index contributed by atoms with van der Waals surface area (Å²) >= 11 is 0. The number of hydrogen-bond donors (Lipinski definition) is 1. The molecule has 1 saturated carbocycles. The molecule has 2 aliphatic carbocycles. The summed E-state index contributed by atoms with van der Waals surface area (Å²) in [4.78, 5) is 28.6. The Balaban J connectivity index is 1.59. The Morgan fingerprint density at radius 1 is 0.887 bits per heavy atom. The van der Waals surface area contributed by atoms with Crippen LogP contribution >= 0.6 is 0 Å². The van der Waals surface area contributed by atoms with Gasteiger partial charge in [-0.1, -0.05) is 153 Å². The molecule has 1 saturated heterocycles. The Kier molecular flexibility index (Phi) is 11.8. The van der Waals surface area contributed by atoms with E-state index >= 15 is 0 Å². The highest BCUT2D eigenvalue weighted by Gasteiger charge is 2.60. The normalized spacial score (nSPS) is 25.3. The lowest BCUT2D eigenvalue weighted by atomic mass is 9.68. The molecule has 0 aromatic heterocycles. The van der Waals surface area contributed by atoms with Gasteiger partial charge in [0.25, 0.3) is 8.32 Å². The van der Waals surface area contributed by atoms with Gasteiger partial charge in [0.2, 0.25) is 5.78 Å². The number of ketones is 1. The van der Waals surface area contributed by atoms with Crippen LogP contribution in [0.3, 0.4) is 0 Å². The van der Waals surface area contributed by atoms with Crippen LogP contribution in [0, 0.1) is 17.3 Å². The van der Waals surface area contributed by atoms with Crippen LogP contribution in [0.4, 0.5) is 0 Å². The van der Waals surface area contributed by atoms with E-state index in [1.54, 1.807) is 0 Å². The third-order valence-corrected chi connectivity index (χ3v) is 22.3. The fraction of sp³-hybridized carbons (Fsp3) is 0.556. The Morgan fingerprint density at radius 3 is 1.94 bits per heavy atom. The molecule has 5 rings (SSSR count). The van der Waals surface area contributed by atoms with Crippen LogP contribution in [-0.2, 0) is 23.2 Å². The molecule has 0 bridgehead atoms. The lowest BCUT2D eigenvalue weighted by molar-refractivity contribution is -0.156. The third kappa shape index (κ3) is 7.89. The van der Waals surface area contributed by atoms with Crippen LogP contribution in [0.1, 0.15) is 101 Å². The van der Waals surface area contributed by atoms with Gasteiger partial charge in [-0.15, -0.1) is 0 Å². The molecular formula is C45H64O6Si2. The zero-order chi connectivity index (χ0) is 39.0. The maximum absolute atomic E-state index is 14.8. The molecule has 0 unspecified atom stereocenters. The second kappa shape index (κ2) is 15.2. The van der Waals surface area contributed by atoms with Gasteiger partial charge in [-0.05, 0) is 64.8 Å². The molecule has 8 heteroatoms. The average molecular weight is 757 g/mol. The zero-order valence-electron chi connectivity index (χ0n) is 34.2. The van der Waals surface area contributed by atoms with Crippen molar-refractivity contribution < 1.29 is 28.3 Å². The Morgan fingerprint density at radius 2 is 1.43 bits per heavy atom. The van der Waals surface area contributed by atoms with Gasteiger partial charge in [0.05, 0.1) is 13.2 Å². The second-order valence-corrected chi connectivity index (χ2v) is 28.0. The summed E-state index contributed by atoms with van der Waals surface area (Å²) in [5.74, 6) is -1.88. The monoisotopic (exact) mass is 756 g/mol. The SMILES string of the molecule is C/C(=C\[C@@H]1C=C(CO[Si](c2ccccc2)(c2ccccc2)C(C)(C)C)[C@H](C)C[C@]12OC(=O)/C(=C(/O)C1(C)CCCCC1)C2=O)CO[Si](C)(C)C(C)(C)C. The highest BCUT2D eigenvalue weighted by atomic mass is 28.4. The zero-order valence-corrected chi connectivity index (χ0v) is 36.2. The van der Waals surface area contributed by atoms with E-state index in [1.165, 1.54) is 10.4 Å². The molecule has 2 aromatic rings. The van der Waals surface area contributed by atoms with Crippen molar-refractivity contribution in [1.82, 2.24) is 0 Å². The first-order valence-corrected chi connectivity index (χ1v) is 24.5. The highest BCUT2D eigenvalue weighted by molar-refractivity contribution is 6.99. The van der Waals surface area contributed by atoms with E-state index in [1.807, 2.05) is 26.0 Å². The number of Topliss-reactive ketones (excluding diaryl/α,β-unsaturated/α-hetero) is 1. The Bertz CT molecular complexity index is 1700. The van der Waals surface area contributed by atoms with E-state index in [0.717, 1.165) is 43.3 Å².